The smallest absolute Gasteiger partial charge is 0.341 e. The van der Waals surface area contributed by atoms with Crippen LogP contribution in [-0.4, -0.2) is 35.7 Å². The number of ether oxygens (including phenoxy) is 1. The molecule has 0 bridgehead atoms. The zero-order valence-electron chi connectivity index (χ0n) is 18.6. The molecule has 2 aromatic carbocycles. The third kappa shape index (κ3) is 4.16. The molecule has 0 spiro atoms. The summed E-state index contributed by atoms with van der Waals surface area (Å²) in [5.74, 6) is -1.28. The van der Waals surface area contributed by atoms with Gasteiger partial charge >= 0.3 is 5.97 Å². The Hall–Kier alpha value is -3.10. The summed E-state index contributed by atoms with van der Waals surface area (Å²) in [6, 6.07) is 17.0. The maximum Gasteiger partial charge on any atom is 0.341 e. The van der Waals surface area contributed by atoms with Crippen LogP contribution < -0.4 is 10.2 Å². The molecule has 0 fully saturated rings. The van der Waals surface area contributed by atoms with Crippen LogP contribution in [0.15, 0.2) is 64.9 Å². The highest BCUT2D eigenvalue weighted by molar-refractivity contribution is 8.02. The molecule has 1 aliphatic heterocycles. The van der Waals surface area contributed by atoms with Crippen LogP contribution in [0.3, 0.4) is 0 Å². The van der Waals surface area contributed by atoms with E-state index < -0.39 is 16.6 Å². The summed E-state index contributed by atoms with van der Waals surface area (Å²) >= 11 is 2.47. The topological polar surface area (TPSA) is 75.7 Å². The van der Waals surface area contributed by atoms with E-state index in [-0.39, 0.29) is 12.5 Å². The molecule has 4 rings (SSSR count). The third-order valence-electron chi connectivity index (χ3n) is 5.46. The molecule has 1 unspecified atom stereocenters. The monoisotopic (exact) mass is 480 g/mol. The van der Waals surface area contributed by atoms with E-state index in [0.717, 1.165) is 16.1 Å². The molecule has 0 radical (unpaired) electrons. The largest absolute Gasteiger partial charge is 0.462 e. The molecule has 0 aliphatic carbocycles. The van der Waals surface area contributed by atoms with Crippen molar-refractivity contribution in [3.8, 4) is 11.1 Å². The fourth-order valence-electron chi connectivity index (χ4n) is 3.76. The normalized spacial score (nSPS) is 17.4. The number of nitrogens with zero attached hydrogens (tertiary/aromatic N) is 1. The first-order valence-electron chi connectivity index (χ1n) is 10.7. The van der Waals surface area contributed by atoms with Crippen molar-refractivity contribution in [2.75, 3.05) is 23.4 Å². The molecule has 0 saturated carbocycles. The predicted molar refractivity (Wildman–Crippen MR) is 133 cm³/mol. The van der Waals surface area contributed by atoms with E-state index in [4.69, 9.17) is 4.74 Å². The number of thioether (sulfide) groups is 1. The molecule has 3 aromatic rings. The van der Waals surface area contributed by atoms with E-state index in [2.05, 4.69) is 5.32 Å². The van der Waals surface area contributed by atoms with Crippen molar-refractivity contribution < 1.29 is 19.1 Å². The fraction of sp³-hybridized carbons (Fsp3) is 0.240. The number of para-hydroxylation sites is 1. The average Bonchev–Trinajstić information content (AvgIpc) is 3.24. The molecule has 0 saturated heterocycles. The number of esters is 1. The van der Waals surface area contributed by atoms with Gasteiger partial charge in [0, 0.05) is 22.4 Å². The van der Waals surface area contributed by atoms with Gasteiger partial charge in [-0.1, -0.05) is 54.2 Å². The van der Waals surface area contributed by atoms with Gasteiger partial charge in [-0.15, -0.1) is 11.3 Å². The van der Waals surface area contributed by atoms with Crippen LogP contribution in [0.5, 0.6) is 0 Å². The van der Waals surface area contributed by atoms with Crippen LogP contribution in [0.25, 0.3) is 11.1 Å². The van der Waals surface area contributed by atoms with Crippen molar-refractivity contribution in [1.82, 2.24) is 0 Å². The number of carbonyl (C=O) groups excluding carboxylic acids is 3. The number of hydrogen-bond acceptors (Lipinski definition) is 6. The molecule has 2 heterocycles. The van der Waals surface area contributed by atoms with E-state index >= 15 is 0 Å². The van der Waals surface area contributed by atoms with Crippen LogP contribution in [-0.2, 0) is 14.3 Å². The Morgan fingerprint density at radius 1 is 1.06 bits per heavy atom. The lowest BCUT2D eigenvalue weighted by Crippen LogP contribution is -2.54. The van der Waals surface area contributed by atoms with Crippen molar-refractivity contribution in [2.24, 2.45) is 0 Å². The number of fused-ring (bicyclic) bond motifs is 1. The molecule has 33 heavy (non-hydrogen) atoms. The first-order chi connectivity index (χ1) is 15.9. The molecule has 170 valence electrons. The van der Waals surface area contributed by atoms with Crippen molar-refractivity contribution in [2.45, 2.75) is 30.4 Å². The van der Waals surface area contributed by atoms with Crippen molar-refractivity contribution in [3.63, 3.8) is 0 Å². The van der Waals surface area contributed by atoms with Gasteiger partial charge in [0.25, 0.3) is 11.8 Å². The van der Waals surface area contributed by atoms with Gasteiger partial charge in [0.1, 0.15) is 10.6 Å². The zero-order valence-corrected chi connectivity index (χ0v) is 20.2. The molecule has 2 amide bonds. The lowest BCUT2D eigenvalue weighted by atomic mass is 10.0. The first kappa shape index (κ1) is 23.1. The number of thiophene rings is 1. The minimum absolute atomic E-state index is 0.213. The van der Waals surface area contributed by atoms with Gasteiger partial charge in [0.2, 0.25) is 0 Å². The van der Waals surface area contributed by atoms with E-state index in [9.17, 15) is 14.4 Å². The van der Waals surface area contributed by atoms with Gasteiger partial charge in [-0.25, -0.2) is 4.79 Å². The van der Waals surface area contributed by atoms with Crippen LogP contribution in [0.4, 0.5) is 10.7 Å². The number of carbonyl (C=O) groups is 3. The quantitative estimate of drug-likeness (QED) is 0.375. The second kappa shape index (κ2) is 9.41. The van der Waals surface area contributed by atoms with E-state index in [0.29, 0.717) is 22.7 Å². The summed E-state index contributed by atoms with van der Waals surface area (Å²) in [5, 5.41) is 5.06. The number of amides is 2. The molecule has 8 heteroatoms. The average molecular weight is 481 g/mol. The summed E-state index contributed by atoms with van der Waals surface area (Å²) in [7, 11) is 0. The fourth-order valence-corrected chi connectivity index (χ4v) is 5.93. The minimum Gasteiger partial charge on any atom is -0.462 e. The van der Waals surface area contributed by atoms with Crippen molar-refractivity contribution >= 4 is 51.6 Å². The Morgan fingerprint density at radius 3 is 2.45 bits per heavy atom. The first-order valence-corrected chi connectivity index (χ1v) is 12.4. The summed E-state index contributed by atoms with van der Waals surface area (Å²) in [5.41, 5.74) is 2.63. The zero-order chi connectivity index (χ0) is 23.6. The maximum absolute atomic E-state index is 13.5. The van der Waals surface area contributed by atoms with Crippen LogP contribution in [0.2, 0.25) is 0 Å². The molecule has 1 aromatic heterocycles. The van der Waals surface area contributed by atoms with Gasteiger partial charge in [-0.05, 0) is 38.5 Å². The highest BCUT2D eigenvalue weighted by Crippen LogP contribution is 2.46. The number of benzene rings is 2. The van der Waals surface area contributed by atoms with Gasteiger partial charge < -0.3 is 15.0 Å². The molecule has 1 aliphatic rings. The highest BCUT2D eigenvalue weighted by Gasteiger charge is 2.49. The van der Waals surface area contributed by atoms with Crippen molar-refractivity contribution in [3.05, 3.63) is 65.5 Å². The molecule has 1 N–H and O–H groups in total. The second-order valence-corrected chi connectivity index (χ2v) is 9.89. The van der Waals surface area contributed by atoms with Gasteiger partial charge in [-0.3, -0.25) is 9.59 Å². The Labute approximate surface area is 200 Å². The highest BCUT2D eigenvalue weighted by atomic mass is 32.2. The van der Waals surface area contributed by atoms with E-state index in [1.54, 1.807) is 18.7 Å². The summed E-state index contributed by atoms with van der Waals surface area (Å²) in [6.45, 7) is 5.91. The van der Waals surface area contributed by atoms with Crippen LogP contribution >= 0.6 is 23.1 Å². The number of rotatable bonds is 6. The number of anilines is 2. The minimum atomic E-state index is -1.38. The summed E-state index contributed by atoms with van der Waals surface area (Å²) in [6.07, 6.45) is 0. The van der Waals surface area contributed by atoms with E-state index in [1.807, 2.05) is 66.9 Å². The lowest BCUT2D eigenvalue weighted by molar-refractivity contribution is -0.128. The van der Waals surface area contributed by atoms with Gasteiger partial charge in [0.05, 0.1) is 12.3 Å². The van der Waals surface area contributed by atoms with Gasteiger partial charge in [0.15, 0.2) is 4.75 Å². The SMILES string of the molecule is CCOC(=O)c1c(-c2ccccc2)csc1NC(=O)C1(C)Sc2ccccc2N(CC)C1=O. The number of hydrogen-bond donors (Lipinski definition) is 1. The molecular weight excluding hydrogens is 456 g/mol. The molecular formula is C25H24N2O4S2. The second-order valence-electron chi connectivity index (χ2n) is 7.55. The van der Waals surface area contributed by atoms with E-state index in [1.165, 1.54) is 23.1 Å². The molecule has 1 atom stereocenters. The Morgan fingerprint density at radius 2 is 1.76 bits per heavy atom. The number of nitrogens with one attached hydrogen (secondary N) is 1. The summed E-state index contributed by atoms with van der Waals surface area (Å²) in [4.78, 5) is 42.2. The Bertz CT molecular complexity index is 1210. The Kier molecular flexibility index (Phi) is 6.58. The maximum atomic E-state index is 13.5. The third-order valence-corrected chi connectivity index (χ3v) is 7.68. The summed E-state index contributed by atoms with van der Waals surface area (Å²) < 4.78 is 3.90. The van der Waals surface area contributed by atoms with Crippen molar-refractivity contribution in [1.29, 1.82) is 0 Å². The lowest BCUT2D eigenvalue weighted by Gasteiger charge is -2.38. The predicted octanol–water partition coefficient (Wildman–Crippen LogP) is 5.45. The standard InChI is InChI=1S/C25H24N2O4S2/c1-4-27-18-13-9-10-14-19(18)33-25(3,24(27)30)23(29)26-21-20(22(28)31-5-2)17(15-32-21)16-11-7-6-8-12-16/h6-15H,4-5H2,1-3H3,(H,26,29). The Balaban J connectivity index is 1.71. The van der Waals surface area contributed by atoms with Crippen LogP contribution in [0, 0.1) is 0 Å². The van der Waals surface area contributed by atoms with Gasteiger partial charge in [-0.2, -0.15) is 0 Å². The molecule has 6 nitrogen and oxygen atoms in total. The van der Waals surface area contributed by atoms with Crippen LogP contribution in [0.1, 0.15) is 31.1 Å².